The number of benzene rings is 1. The summed E-state index contributed by atoms with van der Waals surface area (Å²) in [6.45, 7) is 4.91. The van der Waals surface area contributed by atoms with Gasteiger partial charge in [-0.05, 0) is 80.5 Å². The van der Waals surface area contributed by atoms with E-state index in [9.17, 15) is 9.90 Å². The second kappa shape index (κ2) is 9.72. The number of rotatable bonds is 7. The average molecular weight is 465 g/mol. The number of methoxy groups -OCH3 is 1. The van der Waals surface area contributed by atoms with Crippen LogP contribution in [0.15, 0.2) is 54.7 Å². The molecule has 1 saturated heterocycles. The lowest BCUT2D eigenvalue weighted by atomic mass is 9.96. The fourth-order valence-corrected chi connectivity index (χ4v) is 4.91. The lowest BCUT2D eigenvalue weighted by Gasteiger charge is -2.28. The second-order valence-corrected chi connectivity index (χ2v) is 8.48. The maximum absolute atomic E-state index is 11.8. The maximum Gasteiger partial charge on any atom is 0.337 e. The number of nitrogens with zero attached hydrogens (tertiary/aromatic N) is 3. The second-order valence-electron chi connectivity index (χ2n) is 8.10. The molecule has 2 N–H and O–H groups in total. The molecule has 8 heteroatoms. The minimum atomic E-state index is -0.355. The molecule has 0 aliphatic carbocycles. The SMILES string of the molecule is COC(=O)c1ccc(-n2c(C)cc(C3C(c4ccccn4)NC(=S)N3CCCO)c2C)cc1. The van der Waals surface area contributed by atoms with E-state index in [-0.39, 0.29) is 24.7 Å². The number of aliphatic hydroxyl groups excluding tert-OH is 1. The number of pyridine rings is 1. The first kappa shape index (κ1) is 22.9. The van der Waals surface area contributed by atoms with E-state index in [2.05, 4.69) is 39.7 Å². The molecular weight excluding hydrogens is 436 g/mol. The first-order valence-electron chi connectivity index (χ1n) is 10.9. The molecule has 0 bridgehead atoms. The highest BCUT2D eigenvalue weighted by Gasteiger charge is 2.41. The van der Waals surface area contributed by atoms with Gasteiger partial charge in [0.15, 0.2) is 5.11 Å². The van der Waals surface area contributed by atoms with Gasteiger partial charge in [0, 0.05) is 36.4 Å². The van der Waals surface area contributed by atoms with E-state index in [1.165, 1.54) is 7.11 Å². The minimum Gasteiger partial charge on any atom is -0.465 e. The van der Waals surface area contributed by atoms with E-state index in [4.69, 9.17) is 17.0 Å². The van der Waals surface area contributed by atoms with Gasteiger partial charge in [0.25, 0.3) is 0 Å². The van der Waals surface area contributed by atoms with Crippen molar-refractivity contribution in [1.29, 1.82) is 0 Å². The highest BCUT2D eigenvalue weighted by atomic mass is 32.1. The summed E-state index contributed by atoms with van der Waals surface area (Å²) in [5.41, 5.74) is 5.71. The number of esters is 1. The van der Waals surface area contributed by atoms with Crippen molar-refractivity contribution in [2.45, 2.75) is 32.4 Å². The predicted molar refractivity (Wildman–Crippen MR) is 130 cm³/mol. The quantitative estimate of drug-likeness (QED) is 0.408. The van der Waals surface area contributed by atoms with Crippen molar-refractivity contribution in [1.82, 2.24) is 19.8 Å². The predicted octanol–water partition coefficient (Wildman–Crippen LogP) is 3.63. The van der Waals surface area contributed by atoms with Crippen LogP contribution in [0.3, 0.4) is 0 Å². The van der Waals surface area contributed by atoms with Crippen LogP contribution in [0.25, 0.3) is 5.69 Å². The van der Waals surface area contributed by atoms with Crippen LogP contribution in [0.4, 0.5) is 0 Å². The highest BCUT2D eigenvalue weighted by Crippen LogP contribution is 2.41. The largest absolute Gasteiger partial charge is 0.465 e. The number of carbonyl (C=O) groups is 1. The van der Waals surface area contributed by atoms with Gasteiger partial charge < -0.3 is 24.6 Å². The smallest absolute Gasteiger partial charge is 0.337 e. The lowest BCUT2D eigenvalue weighted by Crippen LogP contribution is -2.31. The summed E-state index contributed by atoms with van der Waals surface area (Å²) in [7, 11) is 1.38. The summed E-state index contributed by atoms with van der Waals surface area (Å²) >= 11 is 5.69. The fourth-order valence-electron chi connectivity index (χ4n) is 4.57. The Balaban J connectivity index is 1.77. The van der Waals surface area contributed by atoms with E-state index in [1.54, 1.807) is 18.3 Å². The van der Waals surface area contributed by atoms with Crippen LogP contribution in [0, 0.1) is 13.8 Å². The van der Waals surface area contributed by atoms with Crippen molar-refractivity contribution >= 4 is 23.3 Å². The van der Waals surface area contributed by atoms with Gasteiger partial charge in [0.1, 0.15) is 0 Å². The topological polar surface area (TPSA) is 79.6 Å². The van der Waals surface area contributed by atoms with Gasteiger partial charge in [-0.25, -0.2) is 4.79 Å². The Morgan fingerprint density at radius 1 is 1.21 bits per heavy atom. The molecule has 3 aromatic rings. The molecule has 1 fully saturated rings. The van der Waals surface area contributed by atoms with Crippen molar-refractivity contribution in [2.75, 3.05) is 20.3 Å². The monoisotopic (exact) mass is 464 g/mol. The molecule has 172 valence electrons. The van der Waals surface area contributed by atoms with E-state index in [0.29, 0.717) is 23.6 Å². The molecule has 2 atom stereocenters. The zero-order valence-corrected chi connectivity index (χ0v) is 19.8. The number of aliphatic hydroxyl groups is 1. The van der Waals surface area contributed by atoms with Crippen molar-refractivity contribution in [2.24, 2.45) is 0 Å². The number of aromatic nitrogens is 2. The van der Waals surface area contributed by atoms with E-state index in [1.807, 2.05) is 30.3 Å². The first-order valence-corrected chi connectivity index (χ1v) is 11.3. The van der Waals surface area contributed by atoms with Gasteiger partial charge in [0.05, 0.1) is 30.5 Å². The summed E-state index contributed by atoms with van der Waals surface area (Å²) in [5, 5.41) is 13.6. The van der Waals surface area contributed by atoms with Gasteiger partial charge in [-0.15, -0.1) is 0 Å². The van der Waals surface area contributed by atoms with E-state index in [0.717, 1.165) is 28.3 Å². The molecule has 1 aliphatic rings. The number of ether oxygens (including phenoxy) is 1. The lowest BCUT2D eigenvalue weighted by molar-refractivity contribution is 0.0600. The Hall–Kier alpha value is -3.23. The van der Waals surface area contributed by atoms with Crippen LogP contribution < -0.4 is 5.32 Å². The van der Waals surface area contributed by atoms with Gasteiger partial charge in [-0.1, -0.05) is 6.07 Å². The fraction of sp³-hybridized carbons (Fsp3) is 0.320. The minimum absolute atomic E-state index is 0.0618. The maximum atomic E-state index is 11.8. The van der Waals surface area contributed by atoms with Crippen LogP contribution in [0.2, 0.25) is 0 Å². The van der Waals surface area contributed by atoms with E-state index >= 15 is 0 Å². The molecule has 3 heterocycles. The number of hydrogen-bond donors (Lipinski definition) is 2. The van der Waals surface area contributed by atoms with Crippen LogP contribution in [-0.4, -0.2) is 50.9 Å². The van der Waals surface area contributed by atoms with Crippen molar-refractivity contribution in [3.8, 4) is 5.69 Å². The number of carbonyl (C=O) groups excluding carboxylic acids is 1. The van der Waals surface area contributed by atoms with Crippen molar-refractivity contribution < 1.29 is 14.6 Å². The normalized spacial score (nSPS) is 17.8. The zero-order chi connectivity index (χ0) is 23.5. The van der Waals surface area contributed by atoms with Crippen LogP contribution >= 0.6 is 12.2 Å². The number of nitrogens with one attached hydrogen (secondary N) is 1. The molecule has 1 aromatic carbocycles. The molecular formula is C25H28N4O3S. The Kier molecular flexibility index (Phi) is 6.76. The molecule has 4 rings (SSSR count). The molecule has 33 heavy (non-hydrogen) atoms. The average Bonchev–Trinajstić information content (AvgIpc) is 3.32. The van der Waals surface area contributed by atoms with Gasteiger partial charge >= 0.3 is 5.97 Å². The highest BCUT2D eigenvalue weighted by molar-refractivity contribution is 7.80. The number of aryl methyl sites for hydroxylation is 1. The molecule has 1 aliphatic heterocycles. The third-order valence-electron chi connectivity index (χ3n) is 6.09. The van der Waals surface area contributed by atoms with Crippen molar-refractivity contribution in [3.63, 3.8) is 0 Å². The third-order valence-corrected chi connectivity index (χ3v) is 6.44. The molecule has 2 aromatic heterocycles. The molecule has 0 spiro atoms. The summed E-state index contributed by atoms with van der Waals surface area (Å²) < 4.78 is 6.99. The number of thiocarbonyl (C=S) groups is 1. The Labute approximate surface area is 199 Å². The molecule has 2 unspecified atom stereocenters. The van der Waals surface area contributed by atoms with Crippen LogP contribution in [-0.2, 0) is 4.74 Å². The Bertz CT molecular complexity index is 1140. The third kappa shape index (κ3) is 4.36. The molecule has 0 amide bonds. The Morgan fingerprint density at radius 3 is 2.61 bits per heavy atom. The summed E-state index contributed by atoms with van der Waals surface area (Å²) in [6, 6.07) is 15.3. The number of hydrogen-bond acceptors (Lipinski definition) is 5. The van der Waals surface area contributed by atoms with Gasteiger partial charge in [-0.3, -0.25) is 4.98 Å². The van der Waals surface area contributed by atoms with Gasteiger partial charge in [-0.2, -0.15) is 0 Å². The zero-order valence-electron chi connectivity index (χ0n) is 19.0. The first-order chi connectivity index (χ1) is 16.0. The summed E-state index contributed by atoms with van der Waals surface area (Å²) in [5.74, 6) is -0.355. The van der Waals surface area contributed by atoms with Crippen LogP contribution in [0.5, 0.6) is 0 Å². The summed E-state index contributed by atoms with van der Waals surface area (Å²) in [4.78, 5) is 18.6. The van der Waals surface area contributed by atoms with Crippen molar-refractivity contribution in [3.05, 3.63) is 82.9 Å². The van der Waals surface area contributed by atoms with Gasteiger partial charge in [0.2, 0.25) is 0 Å². The standard InChI is InChI=1S/C25H28N4O3S/c1-16-15-20(17(2)29(16)19-10-8-18(9-11-19)24(31)32-3)23-22(21-7-4-5-12-26-21)27-25(33)28(23)13-6-14-30/h4-5,7-12,15,22-23,30H,6,13-14H2,1-3H3,(H,27,33). The molecule has 0 saturated carbocycles. The summed E-state index contributed by atoms with van der Waals surface area (Å²) in [6.07, 6.45) is 2.42. The van der Waals surface area contributed by atoms with E-state index < -0.39 is 0 Å². The van der Waals surface area contributed by atoms with Crippen LogP contribution in [0.1, 0.15) is 51.5 Å². The molecule has 7 nitrogen and oxygen atoms in total. The Morgan fingerprint density at radius 2 is 1.97 bits per heavy atom. The molecule has 0 radical (unpaired) electrons.